The number of unbranched alkanes of at least 4 members (excludes halogenated alkanes) is 2. The molecule has 2 heteroatoms. The molecule has 0 saturated heterocycles. The predicted molar refractivity (Wildman–Crippen MR) is 97.2 cm³/mol. The van der Waals surface area contributed by atoms with Crippen molar-refractivity contribution in [2.45, 2.75) is 84.5 Å². The fourth-order valence-corrected chi connectivity index (χ4v) is 2.88. The summed E-state index contributed by atoms with van der Waals surface area (Å²) in [5.74, 6) is 1.23. The average molecular weight is 297 g/mol. The third-order valence-electron chi connectivity index (χ3n) is 3.73. The molecule has 0 fully saturated rings. The SMILES string of the molecule is C=C(/C=C/C(P)NC(C)C)CCC(CC)CCCCC. The Balaban J connectivity index is 3.92. The van der Waals surface area contributed by atoms with E-state index in [1.165, 1.54) is 44.1 Å². The third-order valence-corrected chi connectivity index (χ3v) is 4.15. The highest BCUT2D eigenvalue weighted by molar-refractivity contribution is 7.17. The molecule has 0 aromatic heterocycles. The van der Waals surface area contributed by atoms with Crippen molar-refractivity contribution in [3.05, 3.63) is 24.3 Å². The fourth-order valence-electron chi connectivity index (χ4n) is 2.39. The number of nitrogens with one attached hydrogen (secondary N) is 1. The summed E-state index contributed by atoms with van der Waals surface area (Å²) in [6.07, 6.45) is 13.6. The molecule has 0 heterocycles. The lowest BCUT2D eigenvalue weighted by Crippen LogP contribution is -2.28. The van der Waals surface area contributed by atoms with Crippen molar-refractivity contribution >= 4 is 9.24 Å². The lowest BCUT2D eigenvalue weighted by molar-refractivity contribution is 0.417. The summed E-state index contributed by atoms with van der Waals surface area (Å²) in [5, 5.41) is 3.44. The van der Waals surface area contributed by atoms with E-state index in [4.69, 9.17) is 0 Å². The molecule has 0 aliphatic carbocycles. The van der Waals surface area contributed by atoms with Crippen LogP contribution in [-0.4, -0.2) is 11.8 Å². The molecule has 3 atom stereocenters. The molecular weight excluding hydrogens is 261 g/mol. The van der Waals surface area contributed by atoms with Crippen LogP contribution in [0.1, 0.15) is 72.6 Å². The highest BCUT2D eigenvalue weighted by Gasteiger charge is 2.06. The first-order valence-electron chi connectivity index (χ1n) is 8.37. The number of hydrogen-bond acceptors (Lipinski definition) is 1. The zero-order valence-electron chi connectivity index (χ0n) is 14.1. The summed E-state index contributed by atoms with van der Waals surface area (Å²) in [5.41, 5.74) is 1.26. The van der Waals surface area contributed by atoms with Crippen LogP contribution in [0, 0.1) is 5.92 Å². The zero-order chi connectivity index (χ0) is 15.4. The van der Waals surface area contributed by atoms with Crippen molar-refractivity contribution < 1.29 is 0 Å². The van der Waals surface area contributed by atoms with Gasteiger partial charge in [0.05, 0.1) is 0 Å². The van der Waals surface area contributed by atoms with Gasteiger partial charge < -0.3 is 5.32 Å². The molecule has 1 N–H and O–H groups in total. The molecule has 3 unspecified atom stereocenters. The van der Waals surface area contributed by atoms with Crippen molar-refractivity contribution in [3.8, 4) is 0 Å². The van der Waals surface area contributed by atoms with Gasteiger partial charge in [-0.25, -0.2) is 0 Å². The van der Waals surface area contributed by atoms with Crippen molar-refractivity contribution in [1.29, 1.82) is 0 Å². The van der Waals surface area contributed by atoms with Gasteiger partial charge in [0.1, 0.15) is 0 Å². The maximum absolute atomic E-state index is 4.18. The van der Waals surface area contributed by atoms with Crippen LogP contribution in [0.4, 0.5) is 0 Å². The van der Waals surface area contributed by atoms with Crippen LogP contribution in [0.2, 0.25) is 0 Å². The van der Waals surface area contributed by atoms with Crippen molar-refractivity contribution in [3.63, 3.8) is 0 Å². The molecule has 0 rings (SSSR count). The van der Waals surface area contributed by atoms with E-state index in [9.17, 15) is 0 Å². The van der Waals surface area contributed by atoms with E-state index in [-0.39, 0.29) is 0 Å². The summed E-state index contributed by atoms with van der Waals surface area (Å²) in [6, 6.07) is 0.512. The molecule has 0 amide bonds. The van der Waals surface area contributed by atoms with Gasteiger partial charge >= 0.3 is 0 Å². The summed E-state index contributed by atoms with van der Waals surface area (Å²) in [6.45, 7) is 13.1. The van der Waals surface area contributed by atoms with Crippen LogP contribution in [0.3, 0.4) is 0 Å². The number of rotatable bonds is 12. The van der Waals surface area contributed by atoms with Crippen LogP contribution < -0.4 is 5.32 Å². The Morgan fingerprint density at radius 3 is 2.45 bits per heavy atom. The van der Waals surface area contributed by atoms with Crippen LogP contribution in [-0.2, 0) is 0 Å². The number of hydrogen-bond donors (Lipinski definition) is 1. The predicted octanol–water partition coefficient (Wildman–Crippen LogP) is 5.68. The fraction of sp³-hybridized carbons (Fsp3) is 0.778. The summed E-state index contributed by atoms with van der Waals surface area (Å²) >= 11 is 0. The van der Waals surface area contributed by atoms with Gasteiger partial charge in [0.25, 0.3) is 0 Å². The first-order chi connectivity index (χ1) is 9.49. The summed E-state index contributed by atoms with van der Waals surface area (Å²) < 4.78 is 0. The van der Waals surface area contributed by atoms with E-state index in [0.29, 0.717) is 11.8 Å². The lowest BCUT2D eigenvalue weighted by Gasteiger charge is -2.15. The highest BCUT2D eigenvalue weighted by atomic mass is 31.0. The normalized spacial score (nSPS) is 14.9. The van der Waals surface area contributed by atoms with E-state index in [2.05, 4.69) is 61.0 Å². The minimum absolute atomic E-state index is 0.346. The van der Waals surface area contributed by atoms with Gasteiger partial charge in [0.2, 0.25) is 0 Å². The molecule has 20 heavy (non-hydrogen) atoms. The Kier molecular flexibility index (Phi) is 12.5. The van der Waals surface area contributed by atoms with E-state index in [1.807, 2.05) is 0 Å². The molecule has 0 aliphatic heterocycles. The smallest absolute Gasteiger partial charge is 0.0398 e. The van der Waals surface area contributed by atoms with Crippen molar-refractivity contribution in [2.24, 2.45) is 5.92 Å². The van der Waals surface area contributed by atoms with Crippen LogP contribution in [0.5, 0.6) is 0 Å². The van der Waals surface area contributed by atoms with Gasteiger partial charge in [-0.1, -0.05) is 70.3 Å². The monoisotopic (exact) mass is 297 g/mol. The molecule has 0 radical (unpaired) electrons. The zero-order valence-corrected chi connectivity index (χ0v) is 15.3. The van der Waals surface area contributed by atoms with Gasteiger partial charge in [-0.05, 0) is 32.6 Å². The maximum atomic E-state index is 4.18. The van der Waals surface area contributed by atoms with E-state index >= 15 is 0 Å². The second-order valence-corrected chi connectivity index (χ2v) is 6.89. The minimum Gasteiger partial charge on any atom is -0.305 e. The molecule has 0 aromatic carbocycles. The van der Waals surface area contributed by atoms with Gasteiger partial charge in [-0.15, -0.1) is 9.24 Å². The second kappa shape index (κ2) is 12.6. The summed E-state index contributed by atoms with van der Waals surface area (Å²) in [4.78, 5) is 0. The van der Waals surface area contributed by atoms with Gasteiger partial charge in [-0.2, -0.15) is 0 Å². The molecule has 118 valence electrons. The van der Waals surface area contributed by atoms with Gasteiger partial charge in [0, 0.05) is 11.8 Å². The topological polar surface area (TPSA) is 12.0 Å². The van der Waals surface area contributed by atoms with Crippen LogP contribution in [0.25, 0.3) is 0 Å². The van der Waals surface area contributed by atoms with Gasteiger partial charge in [0.15, 0.2) is 0 Å². The Morgan fingerprint density at radius 1 is 1.20 bits per heavy atom. The molecular formula is C18H36NP. The molecule has 0 aliphatic rings. The molecule has 0 aromatic rings. The largest absolute Gasteiger partial charge is 0.305 e. The minimum atomic E-state index is 0.346. The Bertz CT molecular complexity index is 271. The van der Waals surface area contributed by atoms with Crippen molar-refractivity contribution in [1.82, 2.24) is 5.32 Å². The standard InChI is InChI=1S/C18H36NP/c1-6-8-9-10-17(7-2)13-11-16(5)12-14-18(20)19-15(3)4/h12,14-15,17-19H,5-11,13,20H2,1-4H3/b14-12+. The third kappa shape index (κ3) is 11.7. The Hall–Kier alpha value is -0.130. The molecule has 0 saturated carbocycles. The first-order valence-corrected chi connectivity index (χ1v) is 9.03. The highest BCUT2D eigenvalue weighted by Crippen LogP contribution is 2.21. The van der Waals surface area contributed by atoms with E-state index < -0.39 is 0 Å². The second-order valence-electron chi connectivity index (χ2n) is 6.17. The van der Waals surface area contributed by atoms with Crippen LogP contribution >= 0.6 is 9.24 Å². The Labute approximate surface area is 129 Å². The Morgan fingerprint density at radius 2 is 1.90 bits per heavy atom. The number of allylic oxidation sites excluding steroid dienone is 2. The lowest BCUT2D eigenvalue weighted by atomic mass is 9.92. The summed E-state index contributed by atoms with van der Waals surface area (Å²) in [7, 11) is 2.82. The van der Waals surface area contributed by atoms with Crippen LogP contribution in [0.15, 0.2) is 24.3 Å². The van der Waals surface area contributed by atoms with E-state index in [1.54, 1.807) is 0 Å². The molecule has 0 spiro atoms. The van der Waals surface area contributed by atoms with E-state index in [0.717, 1.165) is 12.3 Å². The quantitative estimate of drug-likeness (QED) is 0.277. The first kappa shape index (κ1) is 19.9. The average Bonchev–Trinajstić information content (AvgIpc) is 2.39. The maximum Gasteiger partial charge on any atom is 0.0398 e. The molecule has 1 nitrogen and oxygen atoms in total. The van der Waals surface area contributed by atoms with Crippen molar-refractivity contribution in [2.75, 3.05) is 0 Å². The van der Waals surface area contributed by atoms with Gasteiger partial charge in [-0.3, -0.25) is 0 Å². The molecule has 0 bridgehead atoms.